The Kier molecular flexibility index (Phi) is 4.49. The molecule has 2 fully saturated rings. The standard InChI is InChI=1S/C18H20N6O4S/c1-19-17(26)14-11(21-15-12(29(2,27)28)4-3-7-20-15)8-13(23-24-14)22-16(25)10-9-18(10)5-6-18/h3-4,7-8,10H,5-6,9H2,1-2H3,(H,19,26)(H2,20,21,22,23,25)/t10-/m1/s1. The lowest BCUT2D eigenvalue weighted by atomic mass is 10.2. The number of rotatable bonds is 6. The predicted octanol–water partition coefficient (Wildman–Crippen LogP) is 1.12. The number of hydrogen-bond acceptors (Lipinski definition) is 8. The lowest BCUT2D eigenvalue weighted by Gasteiger charge is -2.13. The first-order valence-electron chi connectivity index (χ1n) is 9.06. The van der Waals surface area contributed by atoms with Crippen LogP contribution in [0.5, 0.6) is 0 Å². The maximum atomic E-state index is 12.4. The number of hydrogen-bond donors (Lipinski definition) is 3. The molecule has 2 aliphatic carbocycles. The van der Waals surface area contributed by atoms with Gasteiger partial charge in [0.15, 0.2) is 21.3 Å². The highest BCUT2D eigenvalue weighted by Gasteiger charge is 2.65. The molecule has 0 radical (unpaired) electrons. The minimum atomic E-state index is -3.56. The summed E-state index contributed by atoms with van der Waals surface area (Å²) in [5.41, 5.74) is 0.315. The molecule has 2 aromatic heterocycles. The monoisotopic (exact) mass is 416 g/mol. The summed E-state index contributed by atoms with van der Waals surface area (Å²) in [4.78, 5) is 28.6. The van der Waals surface area contributed by atoms with Gasteiger partial charge in [0.05, 0.1) is 5.69 Å². The van der Waals surface area contributed by atoms with Gasteiger partial charge in [-0.2, -0.15) is 0 Å². The molecular weight excluding hydrogens is 396 g/mol. The molecule has 11 heteroatoms. The van der Waals surface area contributed by atoms with E-state index in [2.05, 4.69) is 31.1 Å². The fourth-order valence-corrected chi connectivity index (χ4v) is 4.17. The summed E-state index contributed by atoms with van der Waals surface area (Å²) in [7, 11) is -2.12. The zero-order valence-corrected chi connectivity index (χ0v) is 16.7. The van der Waals surface area contributed by atoms with Gasteiger partial charge in [0.25, 0.3) is 5.91 Å². The normalized spacial score (nSPS) is 18.8. The first-order valence-corrected chi connectivity index (χ1v) is 11.0. The molecule has 0 unspecified atom stereocenters. The quantitative estimate of drug-likeness (QED) is 0.636. The van der Waals surface area contributed by atoms with Gasteiger partial charge in [-0.15, -0.1) is 10.2 Å². The van der Waals surface area contributed by atoms with Gasteiger partial charge in [0.2, 0.25) is 5.91 Å². The Morgan fingerprint density at radius 1 is 1.24 bits per heavy atom. The molecule has 2 saturated carbocycles. The number of amides is 2. The van der Waals surface area contributed by atoms with Gasteiger partial charge >= 0.3 is 0 Å². The molecular formula is C18H20N6O4S. The smallest absolute Gasteiger partial charge is 0.273 e. The van der Waals surface area contributed by atoms with E-state index in [0.717, 1.165) is 25.5 Å². The van der Waals surface area contributed by atoms with Gasteiger partial charge in [0, 0.05) is 31.5 Å². The molecule has 29 heavy (non-hydrogen) atoms. The first-order chi connectivity index (χ1) is 13.7. The number of pyridine rings is 1. The number of aromatic nitrogens is 3. The molecule has 0 bridgehead atoms. The minimum Gasteiger partial charge on any atom is -0.354 e. The average Bonchev–Trinajstić information content (AvgIpc) is 3.60. The zero-order valence-electron chi connectivity index (χ0n) is 15.9. The summed E-state index contributed by atoms with van der Waals surface area (Å²) in [6.07, 6.45) is 5.53. The maximum Gasteiger partial charge on any atom is 0.273 e. The van der Waals surface area contributed by atoms with Crippen molar-refractivity contribution in [2.45, 2.75) is 24.2 Å². The highest BCUT2D eigenvalue weighted by atomic mass is 32.2. The van der Waals surface area contributed by atoms with Crippen molar-refractivity contribution in [1.29, 1.82) is 0 Å². The van der Waals surface area contributed by atoms with E-state index in [-0.39, 0.29) is 45.2 Å². The Hall–Kier alpha value is -3.08. The summed E-state index contributed by atoms with van der Waals surface area (Å²) >= 11 is 0. The summed E-state index contributed by atoms with van der Waals surface area (Å²) in [6, 6.07) is 4.35. The molecule has 4 rings (SSSR count). The van der Waals surface area contributed by atoms with Gasteiger partial charge in [-0.3, -0.25) is 9.59 Å². The van der Waals surface area contributed by atoms with E-state index in [9.17, 15) is 18.0 Å². The Labute approximate surface area is 167 Å². The molecule has 1 atom stereocenters. The van der Waals surface area contributed by atoms with Crippen LogP contribution in [0.15, 0.2) is 29.3 Å². The molecule has 152 valence electrons. The third-order valence-corrected chi connectivity index (χ3v) is 6.44. The predicted molar refractivity (Wildman–Crippen MR) is 104 cm³/mol. The van der Waals surface area contributed by atoms with Crippen molar-refractivity contribution in [3.05, 3.63) is 30.1 Å². The molecule has 2 amide bonds. The van der Waals surface area contributed by atoms with Crippen LogP contribution in [0.1, 0.15) is 29.8 Å². The fraction of sp³-hybridized carbons (Fsp3) is 0.389. The van der Waals surface area contributed by atoms with E-state index >= 15 is 0 Å². The van der Waals surface area contributed by atoms with E-state index in [0.29, 0.717) is 0 Å². The second-order valence-electron chi connectivity index (χ2n) is 7.43. The zero-order chi connectivity index (χ0) is 20.8. The maximum absolute atomic E-state index is 12.4. The summed E-state index contributed by atoms with van der Waals surface area (Å²) in [6.45, 7) is 0. The second-order valence-corrected chi connectivity index (χ2v) is 9.41. The summed E-state index contributed by atoms with van der Waals surface area (Å²) < 4.78 is 24.1. The largest absolute Gasteiger partial charge is 0.354 e. The molecule has 3 N–H and O–H groups in total. The van der Waals surface area contributed by atoms with Gasteiger partial charge in [0.1, 0.15) is 10.7 Å². The Balaban J connectivity index is 1.65. The third kappa shape index (κ3) is 3.77. The lowest BCUT2D eigenvalue weighted by molar-refractivity contribution is -0.117. The number of nitrogens with zero attached hydrogens (tertiary/aromatic N) is 3. The van der Waals surface area contributed by atoms with E-state index in [4.69, 9.17) is 0 Å². The van der Waals surface area contributed by atoms with Crippen molar-refractivity contribution < 1.29 is 18.0 Å². The molecule has 0 saturated heterocycles. The van der Waals surface area contributed by atoms with E-state index in [1.807, 2.05) is 0 Å². The Morgan fingerprint density at radius 2 is 2.00 bits per heavy atom. The highest BCUT2D eigenvalue weighted by Crippen LogP contribution is 2.70. The molecule has 2 aromatic rings. The molecule has 0 aliphatic heterocycles. The Morgan fingerprint density at radius 3 is 2.62 bits per heavy atom. The molecule has 1 spiro atoms. The second kappa shape index (κ2) is 6.76. The summed E-state index contributed by atoms with van der Waals surface area (Å²) in [5, 5.41) is 15.9. The van der Waals surface area contributed by atoms with Crippen LogP contribution in [-0.2, 0) is 14.6 Å². The number of nitrogens with one attached hydrogen (secondary N) is 3. The highest BCUT2D eigenvalue weighted by molar-refractivity contribution is 7.90. The molecule has 2 heterocycles. The minimum absolute atomic E-state index is 0.00745. The van der Waals surface area contributed by atoms with E-state index in [1.165, 1.54) is 31.4 Å². The third-order valence-electron chi connectivity index (χ3n) is 5.31. The van der Waals surface area contributed by atoms with Gasteiger partial charge in [-0.05, 0) is 36.8 Å². The van der Waals surface area contributed by atoms with E-state index in [1.54, 1.807) is 0 Å². The van der Waals surface area contributed by atoms with E-state index < -0.39 is 15.7 Å². The van der Waals surface area contributed by atoms with Crippen molar-refractivity contribution >= 4 is 39.0 Å². The topological polar surface area (TPSA) is 143 Å². The fourth-order valence-electron chi connectivity index (χ4n) is 3.39. The molecule has 0 aromatic carbocycles. The van der Waals surface area contributed by atoms with Crippen LogP contribution in [0.3, 0.4) is 0 Å². The van der Waals surface area contributed by atoms with Crippen LogP contribution >= 0.6 is 0 Å². The van der Waals surface area contributed by atoms with Crippen LogP contribution in [-0.4, -0.2) is 48.7 Å². The van der Waals surface area contributed by atoms with Crippen molar-refractivity contribution in [1.82, 2.24) is 20.5 Å². The number of carbonyl (C=O) groups is 2. The number of carbonyl (C=O) groups excluding carboxylic acids is 2. The van der Waals surface area contributed by atoms with Crippen LogP contribution in [0.2, 0.25) is 0 Å². The number of anilines is 3. The van der Waals surface area contributed by atoms with Gasteiger partial charge in [-0.1, -0.05) is 0 Å². The van der Waals surface area contributed by atoms with Crippen molar-refractivity contribution in [2.75, 3.05) is 23.9 Å². The van der Waals surface area contributed by atoms with Crippen molar-refractivity contribution in [3.8, 4) is 0 Å². The van der Waals surface area contributed by atoms with Crippen LogP contribution < -0.4 is 16.0 Å². The molecule has 10 nitrogen and oxygen atoms in total. The van der Waals surface area contributed by atoms with Crippen LogP contribution in [0.4, 0.5) is 17.3 Å². The SMILES string of the molecule is CNC(=O)c1nnc(NC(=O)[C@H]2CC23CC3)cc1Nc1ncccc1S(C)(=O)=O. The average molecular weight is 416 g/mol. The molecule has 2 aliphatic rings. The first kappa shape index (κ1) is 19.2. The Bertz CT molecular complexity index is 1110. The van der Waals surface area contributed by atoms with Gasteiger partial charge < -0.3 is 16.0 Å². The number of sulfone groups is 1. The van der Waals surface area contributed by atoms with Crippen molar-refractivity contribution in [3.63, 3.8) is 0 Å². The summed E-state index contributed by atoms with van der Waals surface area (Å²) in [5.74, 6) is -0.430. The van der Waals surface area contributed by atoms with Crippen molar-refractivity contribution in [2.24, 2.45) is 11.3 Å². The van der Waals surface area contributed by atoms with Gasteiger partial charge in [-0.25, -0.2) is 13.4 Å². The van der Waals surface area contributed by atoms with Crippen LogP contribution in [0.25, 0.3) is 0 Å². The van der Waals surface area contributed by atoms with Crippen LogP contribution in [0, 0.1) is 11.3 Å². The lowest BCUT2D eigenvalue weighted by Crippen LogP contribution is -2.23.